The number of hydrogen-bond donors (Lipinski definition) is 1. The highest BCUT2D eigenvalue weighted by Gasteiger charge is 2.16. The van der Waals surface area contributed by atoms with Crippen molar-refractivity contribution < 1.29 is 18.6 Å². The van der Waals surface area contributed by atoms with E-state index in [0.29, 0.717) is 52.6 Å². The molecule has 0 radical (unpaired) electrons. The third-order valence-corrected chi connectivity index (χ3v) is 5.34. The van der Waals surface area contributed by atoms with E-state index in [1.807, 2.05) is 0 Å². The van der Waals surface area contributed by atoms with E-state index in [9.17, 15) is 4.39 Å². The Hall–Kier alpha value is -2.35. The number of nitrogens with zero attached hydrogens (tertiary/aromatic N) is 2. The van der Waals surface area contributed by atoms with Crippen molar-refractivity contribution in [3.63, 3.8) is 0 Å². The standard InChI is InChI=1S/C22H23ClFN3O3.ClH/c1-28-20-11-16-19(12-21(20)30-9-8-29-15-4-2-3-5-15)25-13-26-22(16)27-18-7-6-14(23)10-17(18)24;/h6-7,10-13,15H,2-5,8-9H2,1H3,(H,25,26,27);1H. The summed E-state index contributed by atoms with van der Waals surface area (Å²) in [6.45, 7) is 0.947. The molecule has 1 aromatic heterocycles. The number of hydrogen-bond acceptors (Lipinski definition) is 6. The van der Waals surface area contributed by atoms with Crippen molar-refractivity contribution >= 4 is 46.4 Å². The fourth-order valence-corrected chi connectivity index (χ4v) is 3.73. The van der Waals surface area contributed by atoms with E-state index >= 15 is 0 Å². The summed E-state index contributed by atoms with van der Waals surface area (Å²) in [6, 6.07) is 7.97. The van der Waals surface area contributed by atoms with Crippen molar-refractivity contribution in [1.29, 1.82) is 0 Å². The average molecular weight is 468 g/mol. The quantitative estimate of drug-likeness (QED) is 0.413. The maximum absolute atomic E-state index is 14.2. The summed E-state index contributed by atoms with van der Waals surface area (Å²) < 4.78 is 31.4. The normalized spacial score (nSPS) is 13.8. The van der Waals surface area contributed by atoms with E-state index in [4.69, 9.17) is 25.8 Å². The Labute approximate surface area is 191 Å². The molecule has 2 aromatic carbocycles. The highest BCUT2D eigenvalue weighted by molar-refractivity contribution is 6.30. The van der Waals surface area contributed by atoms with Gasteiger partial charge in [-0.25, -0.2) is 14.4 Å². The molecule has 31 heavy (non-hydrogen) atoms. The van der Waals surface area contributed by atoms with Crippen LogP contribution in [-0.2, 0) is 4.74 Å². The number of halogens is 3. The zero-order valence-electron chi connectivity index (χ0n) is 17.1. The van der Waals surface area contributed by atoms with Gasteiger partial charge in [-0.05, 0) is 37.1 Å². The summed E-state index contributed by atoms with van der Waals surface area (Å²) in [5.41, 5.74) is 0.914. The second-order valence-corrected chi connectivity index (χ2v) is 7.55. The molecule has 0 unspecified atom stereocenters. The Kier molecular flexibility index (Phi) is 8.12. The smallest absolute Gasteiger partial charge is 0.163 e. The van der Waals surface area contributed by atoms with Crippen LogP contribution in [-0.4, -0.2) is 36.4 Å². The molecule has 166 valence electrons. The van der Waals surface area contributed by atoms with E-state index in [-0.39, 0.29) is 18.1 Å². The molecule has 0 amide bonds. The van der Waals surface area contributed by atoms with Gasteiger partial charge in [0.2, 0.25) is 0 Å². The van der Waals surface area contributed by atoms with Gasteiger partial charge in [-0.2, -0.15) is 0 Å². The van der Waals surface area contributed by atoms with Crippen molar-refractivity contribution in [1.82, 2.24) is 9.97 Å². The zero-order valence-corrected chi connectivity index (χ0v) is 18.6. The molecular formula is C22H24Cl2FN3O3. The van der Waals surface area contributed by atoms with E-state index < -0.39 is 5.82 Å². The largest absolute Gasteiger partial charge is 0.493 e. The van der Waals surface area contributed by atoms with Crippen LogP contribution in [0.25, 0.3) is 10.9 Å². The van der Waals surface area contributed by atoms with E-state index in [0.717, 1.165) is 12.8 Å². The number of rotatable bonds is 8. The van der Waals surface area contributed by atoms with Gasteiger partial charge in [-0.1, -0.05) is 24.4 Å². The Morgan fingerprint density at radius 2 is 1.90 bits per heavy atom. The first-order chi connectivity index (χ1) is 14.6. The van der Waals surface area contributed by atoms with Crippen LogP contribution in [0.3, 0.4) is 0 Å². The molecule has 0 bridgehead atoms. The van der Waals surface area contributed by atoms with Crippen LogP contribution >= 0.6 is 24.0 Å². The van der Waals surface area contributed by atoms with Gasteiger partial charge in [0.15, 0.2) is 11.5 Å². The molecule has 1 aliphatic carbocycles. The van der Waals surface area contributed by atoms with Gasteiger partial charge in [0.1, 0.15) is 24.6 Å². The van der Waals surface area contributed by atoms with Crippen molar-refractivity contribution in [2.75, 3.05) is 25.6 Å². The van der Waals surface area contributed by atoms with Crippen LogP contribution in [0, 0.1) is 5.82 Å². The molecule has 3 aromatic rings. The Bertz CT molecular complexity index is 1030. The Morgan fingerprint density at radius 1 is 1.10 bits per heavy atom. The fourth-order valence-electron chi connectivity index (χ4n) is 3.58. The minimum atomic E-state index is -0.469. The van der Waals surface area contributed by atoms with Gasteiger partial charge in [-0.3, -0.25) is 0 Å². The molecule has 1 fully saturated rings. The van der Waals surface area contributed by atoms with Crippen LogP contribution < -0.4 is 14.8 Å². The second kappa shape index (κ2) is 10.8. The molecule has 1 aliphatic rings. The van der Waals surface area contributed by atoms with Crippen molar-refractivity contribution in [2.24, 2.45) is 0 Å². The van der Waals surface area contributed by atoms with E-state index in [1.165, 1.54) is 25.2 Å². The Morgan fingerprint density at radius 3 is 2.65 bits per heavy atom. The number of ether oxygens (including phenoxy) is 3. The third kappa shape index (κ3) is 5.67. The lowest BCUT2D eigenvalue weighted by Gasteiger charge is -2.15. The summed E-state index contributed by atoms with van der Waals surface area (Å²) in [6.07, 6.45) is 6.49. The first-order valence-corrected chi connectivity index (χ1v) is 10.3. The van der Waals surface area contributed by atoms with Gasteiger partial charge in [-0.15, -0.1) is 12.4 Å². The number of benzene rings is 2. The molecule has 1 heterocycles. The fraction of sp³-hybridized carbons (Fsp3) is 0.364. The van der Waals surface area contributed by atoms with E-state index in [2.05, 4.69) is 15.3 Å². The summed E-state index contributed by atoms with van der Waals surface area (Å²) >= 11 is 5.83. The SMILES string of the molecule is COc1cc2c(Nc3ccc(Cl)cc3F)ncnc2cc1OCCOC1CCCC1.Cl. The van der Waals surface area contributed by atoms with Gasteiger partial charge in [0.05, 0.1) is 31.0 Å². The lowest BCUT2D eigenvalue weighted by Crippen LogP contribution is -2.14. The van der Waals surface area contributed by atoms with Crippen LogP contribution in [0.1, 0.15) is 25.7 Å². The minimum absolute atomic E-state index is 0. The topological polar surface area (TPSA) is 65.5 Å². The van der Waals surface area contributed by atoms with Crippen LogP contribution in [0.4, 0.5) is 15.9 Å². The molecule has 9 heteroatoms. The summed E-state index contributed by atoms with van der Waals surface area (Å²) in [5, 5.41) is 4.00. The molecule has 4 rings (SSSR count). The van der Waals surface area contributed by atoms with Gasteiger partial charge in [0.25, 0.3) is 0 Å². The molecule has 1 saturated carbocycles. The molecule has 1 N–H and O–H groups in total. The zero-order chi connectivity index (χ0) is 20.9. The third-order valence-electron chi connectivity index (χ3n) is 5.10. The van der Waals surface area contributed by atoms with Gasteiger partial charge in [0, 0.05) is 16.5 Å². The first-order valence-electron chi connectivity index (χ1n) is 9.93. The maximum atomic E-state index is 14.2. The second-order valence-electron chi connectivity index (χ2n) is 7.12. The summed E-state index contributed by atoms with van der Waals surface area (Å²) in [7, 11) is 1.57. The minimum Gasteiger partial charge on any atom is -0.493 e. The Balaban J connectivity index is 0.00000272. The molecule has 0 spiro atoms. The number of nitrogens with one attached hydrogen (secondary N) is 1. The molecular weight excluding hydrogens is 444 g/mol. The maximum Gasteiger partial charge on any atom is 0.163 e. The number of anilines is 2. The highest BCUT2D eigenvalue weighted by atomic mass is 35.5. The molecule has 0 saturated heterocycles. The molecule has 6 nitrogen and oxygen atoms in total. The number of aromatic nitrogens is 2. The monoisotopic (exact) mass is 467 g/mol. The van der Waals surface area contributed by atoms with Crippen LogP contribution in [0.2, 0.25) is 5.02 Å². The van der Waals surface area contributed by atoms with E-state index in [1.54, 1.807) is 31.4 Å². The van der Waals surface area contributed by atoms with Gasteiger partial charge >= 0.3 is 0 Å². The lowest BCUT2D eigenvalue weighted by atomic mass is 10.2. The predicted molar refractivity (Wildman–Crippen MR) is 122 cm³/mol. The average Bonchev–Trinajstić information content (AvgIpc) is 3.26. The first kappa shape index (κ1) is 23.3. The lowest BCUT2D eigenvalue weighted by molar-refractivity contribution is 0.0378. The molecule has 0 atom stereocenters. The van der Waals surface area contributed by atoms with Crippen molar-refractivity contribution in [2.45, 2.75) is 31.8 Å². The van der Waals surface area contributed by atoms with Crippen molar-refractivity contribution in [3.8, 4) is 11.5 Å². The van der Waals surface area contributed by atoms with Crippen LogP contribution in [0.5, 0.6) is 11.5 Å². The number of methoxy groups -OCH3 is 1. The predicted octanol–water partition coefficient (Wildman–Crippen LogP) is 5.93. The van der Waals surface area contributed by atoms with Crippen molar-refractivity contribution in [3.05, 3.63) is 47.5 Å². The summed E-state index contributed by atoms with van der Waals surface area (Å²) in [4.78, 5) is 8.57. The number of fused-ring (bicyclic) bond motifs is 1. The van der Waals surface area contributed by atoms with Gasteiger partial charge < -0.3 is 19.5 Å². The summed E-state index contributed by atoms with van der Waals surface area (Å²) in [5.74, 6) is 1.10. The van der Waals surface area contributed by atoms with Crippen LogP contribution in [0.15, 0.2) is 36.7 Å². The molecule has 0 aliphatic heterocycles. The highest BCUT2D eigenvalue weighted by Crippen LogP contribution is 2.35.